The Balaban J connectivity index is 2.91. The average molecular weight is 259 g/mol. The SMILES string of the molecule is CCSc1ccc(Cl)cc1NC(=O)[C@H](C)N. The van der Waals surface area contributed by atoms with Crippen molar-refractivity contribution in [1.82, 2.24) is 0 Å². The zero-order chi connectivity index (χ0) is 12.1. The normalized spacial score (nSPS) is 12.2. The number of hydrogen-bond acceptors (Lipinski definition) is 3. The summed E-state index contributed by atoms with van der Waals surface area (Å²) < 4.78 is 0. The van der Waals surface area contributed by atoms with Crippen LogP contribution in [0.4, 0.5) is 5.69 Å². The molecule has 0 spiro atoms. The van der Waals surface area contributed by atoms with Crippen molar-refractivity contribution in [2.45, 2.75) is 24.8 Å². The van der Waals surface area contributed by atoms with Crippen molar-refractivity contribution in [3.05, 3.63) is 23.2 Å². The summed E-state index contributed by atoms with van der Waals surface area (Å²) in [7, 11) is 0. The van der Waals surface area contributed by atoms with Gasteiger partial charge in [0.05, 0.1) is 11.7 Å². The minimum Gasteiger partial charge on any atom is -0.324 e. The summed E-state index contributed by atoms with van der Waals surface area (Å²) in [6.07, 6.45) is 0. The van der Waals surface area contributed by atoms with Crippen LogP contribution in [0.1, 0.15) is 13.8 Å². The van der Waals surface area contributed by atoms with Gasteiger partial charge in [-0.05, 0) is 30.9 Å². The highest BCUT2D eigenvalue weighted by Crippen LogP contribution is 2.29. The fourth-order valence-corrected chi connectivity index (χ4v) is 2.04. The molecular weight excluding hydrogens is 244 g/mol. The van der Waals surface area contributed by atoms with E-state index in [1.165, 1.54) is 0 Å². The fraction of sp³-hybridized carbons (Fsp3) is 0.364. The molecular formula is C11H15ClN2OS. The molecule has 88 valence electrons. The molecule has 0 aliphatic carbocycles. The molecule has 1 aromatic rings. The third-order valence-corrected chi connectivity index (χ3v) is 3.10. The number of thioether (sulfide) groups is 1. The van der Waals surface area contributed by atoms with Gasteiger partial charge in [0.25, 0.3) is 0 Å². The van der Waals surface area contributed by atoms with Gasteiger partial charge in [-0.25, -0.2) is 0 Å². The highest BCUT2D eigenvalue weighted by atomic mass is 35.5. The van der Waals surface area contributed by atoms with E-state index in [1.807, 2.05) is 6.07 Å². The van der Waals surface area contributed by atoms with E-state index in [-0.39, 0.29) is 5.91 Å². The van der Waals surface area contributed by atoms with E-state index in [0.29, 0.717) is 5.02 Å². The van der Waals surface area contributed by atoms with Crippen LogP contribution in [0.5, 0.6) is 0 Å². The third-order valence-electron chi connectivity index (χ3n) is 1.91. The zero-order valence-electron chi connectivity index (χ0n) is 9.29. The van der Waals surface area contributed by atoms with E-state index in [0.717, 1.165) is 16.3 Å². The lowest BCUT2D eigenvalue weighted by Gasteiger charge is -2.12. The molecule has 16 heavy (non-hydrogen) atoms. The second-order valence-corrected chi connectivity index (χ2v) is 5.09. The second-order valence-electron chi connectivity index (χ2n) is 3.35. The highest BCUT2D eigenvalue weighted by Gasteiger charge is 2.10. The maximum Gasteiger partial charge on any atom is 0.241 e. The smallest absolute Gasteiger partial charge is 0.241 e. The molecule has 0 heterocycles. The Bertz CT molecular complexity index is 382. The third kappa shape index (κ3) is 3.70. The first-order valence-electron chi connectivity index (χ1n) is 5.03. The van der Waals surface area contributed by atoms with Crippen molar-refractivity contribution in [2.24, 2.45) is 5.73 Å². The molecule has 0 bridgehead atoms. The van der Waals surface area contributed by atoms with Gasteiger partial charge in [-0.1, -0.05) is 18.5 Å². The predicted octanol–water partition coefficient (Wildman–Crippen LogP) is 2.74. The molecule has 5 heteroatoms. The van der Waals surface area contributed by atoms with E-state index in [9.17, 15) is 4.79 Å². The molecule has 1 amide bonds. The van der Waals surface area contributed by atoms with Crippen LogP contribution in [0, 0.1) is 0 Å². The van der Waals surface area contributed by atoms with E-state index in [1.54, 1.807) is 30.8 Å². The first kappa shape index (κ1) is 13.4. The van der Waals surface area contributed by atoms with Crippen LogP contribution < -0.4 is 11.1 Å². The van der Waals surface area contributed by atoms with Crippen LogP contribution in [-0.2, 0) is 4.79 Å². The maximum atomic E-state index is 11.5. The van der Waals surface area contributed by atoms with Crippen molar-refractivity contribution in [3.8, 4) is 0 Å². The monoisotopic (exact) mass is 258 g/mol. The Kier molecular flexibility index (Phi) is 5.12. The van der Waals surface area contributed by atoms with E-state index >= 15 is 0 Å². The first-order chi connectivity index (χ1) is 7.54. The molecule has 0 unspecified atom stereocenters. The number of halogens is 1. The molecule has 0 radical (unpaired) electrons. The number of hydrogen-bond donors (Lipinski definition) is 2. The Morgan fingerprint density at radius 3 is 2.88 bits per heavy atom. The van der Waals surface area contributed by atoms with Gasteiger partial charge in [-0.2, -0.15) is 0 Å². The number of carbonyl (C=O) groups excluding carboxylic acids is 1. The molecule has 0 fully saturated rings. The predicted molar refractivity (Wildman–Crippen MR) is 70.1 cm³/mol. The first-order valence-corrected chi connectivity index (χ1v) is 6.39. The van der Waals surface area contributed by atoms with Crippen LogP contribution in [0.3, 0.4) is 0 Å². The largest absolute Gasteiger partial charge is 0.324 e. The average Bonchev–Trinajstić information content (AvgIpc) is 2.22. The molecule has 1 atom stereocenters. The van der Waals surface area contributed by atoms with Crippen molar-refractivity contribution >= 4 is 35.0 Å². The van der Waals surface area contributed by atoms with E-state index in [2.05, 4.69) is 12.2 Å². The molecule has 3 N–H and O–H groups in total. The van der Waals surface area contributed by atoms with Gasteiger partial charge >= 0.3 is 0 Å². The van der Waals surface area contributed by atoms with Crippen LogP contribution in [0.2, 0.25) is 5.02 Å². The summed E-state index contributed by atoms with van der Waals surface area (Å²) in [6, 6.07) is 4.91. The fourth-order valence-electron chi connectivity index (χ4n) is 1.13. The van der Waals surface area contributed by atoms with Gasteiger partial charge in [-0.15, -0.1) is 11.8 Å². The lowest BCUT2D eigenvalue weighted by atomic mass is 10.3. The van der Waals surface area contributed by atoms with Gasteiger partial charge in [0.1, 0.15) is 0 Å². The highest BCUT2D eigenvalue weighted by molar-refractivity contribution is 7.99. The number of amides is 1. The molecule has 0 aromatic heterocycles. The molecule has 0 saturated carbocycles. The minimum absolute atomic E-state index is 0.208. The quantitative estimate of drug-likeness (QED) is 0.817. The van der Waals surface area contributed by atoms with Crippen LogP contribution >= 0.6 is 23.4 Å². The van der Waals surface area contributed by atoms with E-state index < -0.39 is 6.04 Å². The Labute approximate surface area is 105 Å². The number of nitrogens with two attached hydrogens (primary N) is 1. The topological polar surface area (TPSA) is 55.1 Å². The number of carbonyl (C=O) groups is 1. The Morgan fingerprint density at radius 1 is 1.62 bits per heavy atom. The lowest BCUT2D eigenvalue weighted by Crippen LogP contribution is -2.32. The molecule has 0 saturated heterocycles. The zero-order valence-corrected chi connectivity index (χ0v) is 10.9. The number of benzene rings is 1. The molecule has 0 aliphatic rings. The van der Waals surface area contributed by atoms with Crippen molar-refractivity contribution < 1.29 is 4.79 Å². The van der Waals surface area contributed by atoms with Crippen molar-refractivity contribution in [2.75, 3.05) is 11.1 Å². The van der Waals surface area contributed by atoms with Crippen LogP contribution in [-0.4, -0.2) is 17.7 Å². The van der Waals surface area contributed by atoms with Gasteiger partial charge in [0.15, 0.2) is 0 Å². The molecule has 1 rings (SSSR count). The van der Waals surface area contributed by atoms with Crippen molar-refractivity contribution in [1.29, 1.82) is 0 Å². The molecule has 1 aromatic carbocycles. The van der Waals surface area contributed by atoms with Crippen LogP contribution in [0.25, 0.3) is 0 Å². The summed E-state index contributed by atoms with van der Waals surface area (Å²) in [6.45, 7) is 3.70. The van der Waals surface area contributed by atoms with Gasteiger partial charge < -0.3 is 11.1 Å². The van der Waals surface area contributed by atoms with Crippen molar-refractivity contribution in [3.63, 3.8) is 0 Å². The summed E-state index contributed by atoms with van der Waals surface area (Å²) in [4.78, 5) is 12.5. The summed E-state index contributed by atoms with van der Waals surface area (Å²) in [5, 5.41) is 3.36. The molecule has 3 nitrogen and oxygen atoms in total. The molecule has 0 aliphatic heterocycles. The Morgan fingerprint density at radius 2 is 2.31 bits per heavy atom. The number of nitrogens with one attached hydrogen (secondary N) is 1. The number of rotatable bonds is 4. The van der Waals surface area contributed by atoms with Gasteiger partial charge in [0, 0.05) is 9.92 Å². The van der Waals surface area contributed by atoms with Gasteiger partial charge in [-0.3, -0.25) is 4.79 Å². The van der Waals surface area contributed by atoms with Crippen LogP contribution in [0.15, 0.2) is 23.1 Å². The van der Waals surface area contributed by atoms with Gasteiger partial charge in [0.2, 0.25) is 5.91 Å². The maximum absolute atomic E-state index is 11.5. The van der Waals surface area contributed by atoms with E-state index in [4.69, 9.17) is 17.3 Å². The summed E-state index contributed by atoms with van der Waals surface area (Å²) in [5.41, 5.74) is 6.22. The Hall–Kier alpha value is -0.710. The minimum atomic E-state index is -0.529. The summed E-state index contributed by atoms with van der Waals surface area (Å²) >= 11 is 7.54. The number of anilines is 1. The standard InChI is InChI=1S/C11H15ClN2OS/c1-3-16-10-5-4-8(12)6-9(10)14-11(15)7(2)13/h4-7H,3,13H2,1-2H3,(H,14,15)/t7-/m0/s1. The summed E-state index contributed by atoms with van der Waals surface area (Å²) in [5.74, 6) is 0.725. The lowest BCUT2D eigenvalue weighted by molar-refractivity contribution is -0.117. The second kappa shape index (κ2) is 6.13.